The minimum absolute atomic E-state index is 0.504. The Kier molecular flexibility index (Phi) is 4.13. The van der Waals surface area contributed by atoms with Crippen molar-refractivity contribution in [2.45, 2.75) is 12.5 Å². The Balaban J connectivity index is 2.11. The summed E-state index contributed by atoms with van der Waals surface area (Å²) < 4.78 is 1.97. The molecule has 0 spiro atoms. The molecule has 2 rings (SSSR count). The molecule has 16 heavy (non-hydrogen) atoms. The van der Waals surface area contributed by atoms with Gasteiger partial charge in [-0.25, -0.2) is 0 Å². The number of aromatic nitrogens is 1. The zero-order valence-corrected chi connectivity index (χ0v) is 12.2. The maximum atomic E-state index is 10.0. The lowest BCUT2D eigenvalue weighted by Gasteiger charge is -2.09. The minimum atomic E-state index is -0.504. The molecule has 0 saturated heterocycles. The molecule has 0 aliphatic rings. The van der Waals surface area contributed by atoms with Crippen LogP contribution >= 0.6 is 43.2 Å². The van der Waals surface area contributed by atoms with Gasteiger partial charge in [0.1, 0.15) is 0 Å². The lowest BCUT2D eigenvalue weighted by Crippen LogP contribution is -2.00. The van der Waals surface area contributed by atoms with E-state index in [1.54, 1.807) is 23.7 Å². The molecular weight excluding hydrogens is 354 g/mol. The monoisotopic (exact) mass is 361 g/mol. The predicted molar refractivity (Wildman–Crippen MR) is 72.6 cm³/mol. The molecule has 1 atom stereocenters. The van der Waals surface area contributed by atoms with Gasteiger partial charge in [0.25, 0.3) is 0 Å². The first-order valence-electron chi connectivity index (χ1n) is 4.68. The van der Waals surface area contributed by atoms with Crippen molar-refractivity contribution < 1.29 is 5.11 Å². The average Bonchev–Trinajstić information content (AvgIpc) is 2.64. The van der Waals surface area contributed by atoms with Crippen LogP contribution in [0.5, 0.6) is 0 Å². The number of hydrogen-bond acceptors (Lipinski definition) is 3. The topological polar surface area (TPSA) is 33.1 Å². The first kappa shape index (κ1) is 12.2. The van der Waals surface area contributed by atoms with E-state index < -0.39 is 6.10 Å². The molecule has 0 radical (unpaired) electrons. The van der Waals surface area contributed by atoms with E-state index >= 15 is 0 Å². The van der Waals surface area contributed by atoms with Crippen LogP contribution in [0.3, 0.4) is 0 Å². The molecule has 0 aromatic carbocycles. The van der Waals surface area contributed by atoms with Crippen LogP contribution in [0.2, 0.25) is 0 Å². The maximum Gasteiger partial charge on any atom is 0.0853 e. The summed E-state index contributed by atoms with van der Waals surface area (Å²) in [6.07, 6.45) is 3.51. The van der Waals surface area contributed by atoms with Gasteiger partial charge < -0.3 is 5.11 Å². The van der Waals surface area contributed by atoms with E-state index in [1.807, 2.05) is 18.2 Å². The highest BCUT2D eigenvalue weighted by Gasteiger charge is 2.10. The molecule has 84 valence electrons. The number of hydrogen-bond donors (Lipinski definition) is 1. The van der Waals surface area contributed by atoms with Gasteiger partial charge in [-0.1, -0.05) is 0 Å². The molecule has 2 nitrogen and oxygen atoms in total. The van der Waals surface area contributed by atoms with Crippen LogP contribution in [-0.2, 0) is 6.42 Å². The van der Waals surface area contributed by atoms with E-state index in [1.165, 1.54) is 0 Å². The number of rotatable bonds is 3. The first-order valence-corrected chi connectivity index (χ1v) is 7.08. The van der Waals surface area contributed by atoms with E-state index in [0.29, 0.717) is 6.42 Å². The Morgan fingerprint density at radius 3 is 2.75 bits per heavy atom. The molecule has 0 bridgehead atoms. The SMILES string of the molecule is OC(Cc1ccc(Br)s1)c1cncc(Br)c1. The summed E-state index contributed by atoms with van der Waals surface area (Å²) in [7, 11) is 0. The first-order chi connectivity index (χ1) is 7.65. The molecule has 0 fully saturated rings. The van der Waals surface area contributed by atoms with Crippen molar-refractivity contribution >= 4 is 43.2 Å². The summed E-state index contributed by atoms with van der Waals surface area (Å²) in [5.74, 6) is 0. The van der Waals surface area contributed by atoms with Crippen molar-refractivity contribution in [2.24, 2.45) is 0 Å². The number of halogens is 2. The second-order valence-electron chi connectivity index (χ2n) is 3.36. The Bertz CT molecular complexity index is 486. The van der Waals surface area contributed by atoms with E-state index in [2.05, 4.69) is 36.8 Å². The second-order valence-corrected chi connectivity index (χ2v) is 6.83. The van der Waals surface area contributed by atoms with E-state index in [9.17, 15) is 5.11 Å². The molecule has 5 heteroatoms. The molecular formula is C11H9Br2NOS. The minimum Gasteiger partial charge on any atom is -0.388 e. The van der Waals surface area contributed by atoms with Gasteiger partial charge in [-0.3, -0.25) is 4.98 Å². The normalized spacial score (nSPS) is 12.7. The fourth-order valence-electron chi connectivity index (χ4n) is 1.38. The van der Waals surface area contributed by atoms with Gasteiger partial charge in [-0.05, 0) is 50.1 Å². The number of aliphatic hydroxyl groups is 1. The molecule has 1 N–H and O–H groups in total. The molecule has 2 heterocycles. The molecule has 0 saturated carbocycles. The quantitative estimate of drug-likeness (QED) is 0.896. The van der Waals surface area contributed by atoms with Gasteiger partial charge in [0.05, 0.1) is 9.89 Å². The van der Waals surface area contributed by atoms with Crippen LogP contribution in [-0.4, -0.2) is 10.1 Å². The van der Waals surface area contributed by atoms with Gasteiger partial charge in [-0.2, -0.15) is 0 Å². The third-order valence-electron chi connectivity index (χ3n) is 2.13. The number of pyridine rings is 1. The Morgan fingerprint density at radius 2 is 2.12 bits per heavy atom. The number of thiophene rings is 1. The summed E-state index contributed by atoms with van der Waals surface area (Å²) in [6, 6.07) is 5.90. The lowest BCUT2D eigenvalue weighted by atomic mass is 10.1. The summed E-state index contributed by atoms with van der Waals surface area (Å²) in [5.41, 5.74) is 0.832. The van der Waals surface area contributed by atoms with E-state index in [0.717, 1.165) is 18.7 Å². The molecule has 0 aliphatic heterocycles. The molecule has 1 unspecified atom stereocenters. The third kappa shape index (κ3) is 3.13. The smallest absolute Gasteiger partial charge is 0.0853 e. The second kappa shape index (κ2) is 5.40. The van der Waals surface area contributed by atoms with Crippen molar-refractivity contribution in [3.63, 3.8) is 0 Å². The predicted octanol–water partition coefficient (Wildman–Crippen LogP) is 3.94. The fraction of sp³-hybridized carbons (Fsp3) is 0.182. The maximum absolute atomic E-state index is 10.0. The van der Waals surface area contributed by atoms with E-state index in [-0.39, 0.29) is 0 Å². The van der Waals surface area contributed by atoms with Crippen molar-refractivity contribution in [2.75, 3.05) is 0 Å². The average molecular weight is 363 g/mol. The molecule has 2 aromatic rings. The Morgan fingerprint density at radius 1 is 1.31 bits per heavy atom. The largest absolute Gasteiger partial charge is 0.388 e. The highest BCUT2D eigenvalue weighted by molar-refractivity contribution is 9.11. The zero-order valence-electron chi connectivity index (χ0n) is 8.23. The van der Waals surface area contributed by atoms with Gasteiger partial charge in [-0.15, -0.1) is 11.3 Å². The molecule has 2 aromatic heterocycles. The summed E-state index contributed by atoms with van der Waals surface area (Å²) >= 11 is 8.39. The molecule has 0 aliphatic carbocycles. The van der Waals surface area contributed by atoms with Gasteiger partial charge in [0.2, 0.25) is 0 Å². The van der Waals surface area contributed by atoms with E-state index in [4.69, 9.17) is 0 Å². The zero-order chi connectivity index (χ0) is 11.5. The standard InChI is InChI=1S/C11H9Br2NOS/c12-8-3-7(5-14-6-8)10(15)4-9-1-2-11(13)16-9/h1-3,5-6,10,15H,4H2. The van der Waals surface area contributed by atoms with Crippen LogP contribution in [0.1, 0.15) is 16.5 Å². The van der Waals surface area contributed by atoms with Crippen LogP contribution in [0.4, 0.5) is 0 Å². The van der Waals surface area contributed by atoms with Crippen molar-refractivity contribution in [3.8, 4) is 0 Å². The van der Waals surface area contributed by atoms with Gasteiger partial charge >= 0.3 is 0 Å². The van der Waals surface area contributed by atoms with Crippen LogP contribution in [0.25, 0.3) is 0 Å². The highest BCUT2D eigenvalue weighted by atomic mass is 79.9. The summed E-state index contributed by atoms with van der Waals surface area (Å²) in [6.45, 7) is 0. The number of aliphatic hydroxyl groups excluding tert-OH is 1. The lowest BCUT2D eigenvalue weighted by molar-refractivity contribution is 0.179. The Labute approximate surface area is 115 Å². The third-order valence-corrected chi connectivity index (χ3v) is 4.21. The number of nitrogens with zero attached hydrogens (tertiary/aromatic N) is 1. The van der Waals surface area contributed by atoms with Crippen LogP contribution in [0, 0.1) is 0 Å². The van der Waals surface area contributed by atoms with Crippen molar-refractivity contribution in [3.05, 3.63) is 49.3 Å². The van der Waals surface area contributed by atoms with Gasteiger partial charge in [0.15, 0.2) is 0 Å². The summed E-state index contributed by atoms with van der Waals surface area (Å²) in [4.78, 5) is 5.19. The van der Waals surface area contributed by atoms with Gasteiger partial charge in [0, 0.05) is 33.7 Å². The summed E-state index contributed by atoms with van der Waals surface area (Å²) in [5, 5.41) is 10.0. The Hall–Kier alpha value is -0.230. The fourth-order valence-corrected chi connectivity index (χ4v) is 3.28. The molecule has 0 amide bonds. The van der Waals surface area contributed by atoms with Crippen LogP contribution < -0.4 is 0 Å². The highest BCUT2D eigenvalue weighted by Crippen LogP contribution is 2.27. The van der Waals surface area contributed by atoms with Crippen molar-refractivity contribution in [1.82, 2.24) is 4.98 Å². The van der Waals surface area contributed by atoms with Crippen molar-refractivity contribution in [1.29, 1.82) is 0 Å². The van der Waals surface area contributed by atoms with Crippen LogP contribution in [0.15, 0.2) is 38.9 Å².